The monoisotopic (exact) mass is 608 g/mol. The summed E-state index contributed by atoms with van der Waals surface area (Å²) in [5, 5.41) is 14.6. The van der Waals surface area contributed by atoms with Crippen LogP contribution >= 0.6 is 35.0 Å². The fourth-order valence-corrected chi connectivity index (χ4v) is 7.05. The van der Waals surface area contributed by atoms with Gasteiger partial charge in [-0.25, -0.2) is 4.79 Å². The summed E-state index contributed by atoms with van der Waals surface area (Å²) in [6.07, 6.45) is 3.58. The Labute approximate surface area is 251 Å². The first-order chi connectivity index (χ1) is 19.8. The van der Waals surface area contributed by atoms with Gasteiger partial charge in [0, 0.05) is 43.3 Å². The van der Waals surface area contributed by atoms with Crippen LogP contribution in [0.2, 0.25) is 10.0 Å². The lowest BCUT2D eigenvalue weighted by atomic mass is 9.99. The molecule has 11 heteroatoms. The fraction of sp³-hybridized carbons (Fsp3) is 0.233. The third kappa shape index (κ3) is 5.42. The number of morpholine rings is 1. The van der Waals surface area contributed by atoms with E-state index < -0.39 is 5.97 Å². The lowest BCUT2D eigenvalue weighted by molar-refractivity contribution is 0.0695. The van der Waals surface area contributed by atoms with Crippen molar-refractivity contribution >= 4 is 52.5 Å². The highest BCUT2D eigenvalue weighted by molar-refractivity contribution is 7.99. The van der Waals surface area contributed by atoms with Gasteiger partial charge in [0.15, 0.2) is 0 Å². The van der Waals surface area contributed by atoms with Gasteiger partial charge in [0.25, 0.3) is 5.91 Å². The van der Waals surface area contributed by atoms with Crippen molar-refractivity contribution in [2.45, 2.75) is 11.4 Å². The fourth-order valence-electron chi connectivity index (χ4n) is 5.25. The molecule has 2 aliphatic rings. The van der Waals surface area contributed by atoms with Crippen LogP contribution in [0.4, 0.5) is 5.69 Å². The van der Waals surface area contributed by atoms with Crippen LogP contribution in [0, 0.1) is 0 Å². The van der Waals surface area contributed by atoms with Crippen molar-refractivity contribution < 1.29 is 19.4 Å². The summed E-state index contributed by atoms with van der Waals surface area (Å²) < 4.78 is 7.16. The van der Waals surface area contributed by atoms with Gasteiger partial charge in [-0.3, -0.25) is 9.48 Å². The predicted molar refractivity (Wildman–Crippen MR) is 161 cm³/mol. The van der Waals surface area contributed by atoms with Crippen molar-refractivity contribution in [1.82, 2.24) is 14.7 Å². The minimum Gasteiger partial charge on any atom is -0.478 e. The van der Waals surface area contributed by atoms with Crippen molar-refractivity contribution in [3.05, 3.63) is 87.7 Å². The van der Waals surface area contributed by atoms with Gasteiger partial charge in [-0.1, -0.05) is 47.5 Å². The minimum absolute atomic E-state index is 0.235. The summed E-state index contributed by atoms with van der Waals surface area (Å²) >= 11 is 14.8. The SMILES string of the molecule is Cn1cc(-c2cc(Cl)c(C(=O)N3CSc4c(cccc4-c4ccc(C(=O)O)c(N5CCOCC5)c4)C3)c(Cl)c2)cn1. The highest BCUT2D eigenvalue weighted by Crippen LogP contribution is 2.41. The van der Waals surface area contributed by atoms with Crippen molar-refractivity contribution in [2.75, 3.05) is 37.1 Å². The second kappa shape index (κ2) is 11.4. The zero-order valence-corrected chi connectivity index (χ0v) is 24.5. The average Bonchev–Trinajstić information content (AvgIpc) is 3.42. The first-order valence-electron chi connectivity index (χ1n) is 13.0. The third-order valence-corrected chi connectivity index (χ3v) is 9.10. The second-order valence-electron chi connectivity index (χ2n) is 9.92. The number of hydrogen-bond acceptors (Lipinski definition) is 6. The number of fused-ring (bicyclic) bond motifs is 1. The number of anilines is 1. The third-order valence-electron chi connectivity index (χ3n) is 7.29. The molecule has 0 saturated carbocycles. The van der Waals surface area contributed by atoms with E-state index in [4.69, 9.17) is 27.9 Å². The van der Waals surface area contributed by atoms with Crippen LogP contribution in [-0.4, -0.2) is 63.8 Å². The quantitative estimate of drug-likeness (QED) is 0.284. The molecule has 1 amide bonds. The molecular weight excluding hydrogens is 583 g/mol. The highest BCUT2D eigenvalue weighted by atomic mass is 35.5. The number of halogens is 2. The van der Waals surface area contributed by atoms with Gasteiger partial charge in [-0.15, -0.1) is 11.8 Å². The number of aromatic nitrogens is 2. The molecule has 6 rings (SSSR count). The van der Waals surface area contributed by atoms with Crippen LogP contribution in [0.25, 0.3) is 22.3 Å². The molecule has 41 heavy (non-hydrogen) atoms. The molecule has 1 N–H and O–H groups in total. The van der Waals surface area contributed by atoms with Gasteiger partial charge in [0.2, 0.25) is 0 Å². The van der Waals surface area contributed by atoms with E-state index in [1.807, 2.05) is 43.6 Å². The maximum Gasteiger partial charge on any atom is 0.337 e. The molecule has 4 aromatic rings. The summed E-state index contributed by atoms with van der Waals surface area (Å²) in [7, 11) is 1.83. The van der Waals surface area contributed by atoms with Crippen LogP contribution in [0.1, 0.15) is 26.3 Å². The highest BCUT2D eigenvalue weighted by Gasteiger charge is 2.28. The molecule has 3 heterocycles. The largest absolute Gasteiger partial charge is 0.478 e. The zero-order chi connectivity index (χ0) is 28.7. The van der Waals surface area contributed by atoms with Crippen LogP contribution < -0.4 is 4.90 Å². The lowest BCUT2D eigenvalue weighted by Gasteiger charge is -2.31. The molecule has 0 bridgehead atoms. The number of aromatic carboxylic acids is 1. The smallest absolute Gasteiger partial charge is 0.337 e. The Morgan fingerprint density at radius 1 is 1.00 bits per heavy atom. The van der Waals surface area contributed by atoms with E-state index in [-0.39, 0.29) is 17.0 Å². The number of carbonyl (C=O) groups excluding carboxylic acids is 1. The molecule has 0 spiro atoms. The number of amides is 1. The van der Waals surface area contributed by atoms with E-state index >= 15 is 0 Å². The van der Waals surface area contributed by atoms with E-state index in [1.165, 1.54) is 0 Å². The molecule has 1 fully saturated rings. The zero-order valence-electron chi connectivity index (χ0n) is 22.1. The van der Waals surface area contributed by atoms with Gasteiger partial charge in [0.1, 0.15) is 0 Å². The van der Waals surface area contributed by atoms with Crippen LogP contribution in [0.5, 0.6) is 0 Å². The molecule has 8 nitrogen and oxygen atoms in total. The van der Waals surface area contributed by atoms with Crippen LogP contribution in [0.3, 0.4) is 0 Å². The summed E-state index contributed by atoms with van der Waals surface area (Å²) in [6.45, 7) is 2.79. The van der Waals surface area contributed by atoms with E-state index in [2.05, 4.69) is 10.00 Å². The predicted octanol–water partition coefficient (Wildman–Crippen LogP) is 6.30. The van der Waals surface area contributed by atoms with E-state index in [9.17, 15) is 14.7 Å². The summed E-state index contributed by atoms with van der Waals surface area (Å²) in [4.78, 5) is 30.5. The Morgan fingerprint density at radius 2 is 1.76 bits per heavy atom. The van der Waals surface area contributed by atoms with Gasteiger partial charge in [-0.2, -0.15) is 5.10 Å². The Bertz CT molecular complexity index is 1650. The summed E-state index contributed by atoms with van der Waals surface area (Å²) in [5.74, 6) is -0.771. The van der Waals surface area contributed by atoms with Crippen molar-refractivity contribution in [3.63, 3.8) is 0 Å². The molecule has 0 atom stereocenters. The Morgan fingerprint density at radius 3 is 2.44 bits per heavy atom. The number of thioether (sulfide) groups is 1. The molecule has 0 unspecified atom stereocenters. The molecule has 2 aliphatic heterocycles. The van der Waals surface area contributed by atoms with Gasteiger partial charge < -0.3 is 19.6 Å². The number of rotatable bonds is 5. The van der Waals surface area contributed by atoms with E-state index in [0.717, 1.165) is 32.7 Å². The number of carboxylic acid groups (broad SMARTS) is 1. The average molecular weight is 610 g/mol. The molecule has 1 aromatic heterocycles. The number of hydrogen-bond donors (Lipinski definition) is 1. The summed E-state index contributed by atoms with van der Waals surface area (Å²) in [5.41, 5.74) is 5.82. The summed E-state index contributed by atoms with van der Waals surface area (Å²) in [6, 6.07) is 15.0. The Balaban J connectivity index is 1.28. The number of carbonyl (C=O) groups is 2. The van der Waals surface area contributed by atoms with Crippen LogP contribution in [0.15, 0.2) is 65.8 Å². The topological polar surface area (TPSA) is 87.9 Å². The van der Waals surface area contributed by atoms with Crippen molar-refractivity contribution in [1.29, 1.82) is 0 Å². The van der Waals surface area contributed by atoms with E-state index in [0.29, 0.717) is 54.5 Å². The van der Waals surface area contributed by atoms with Crippen molar-refractivity contribution in [3.8, 4) is 22.3 Å². The number of carboxylic acids is 1. The van der Waals surface area contributed by atoms with Gasteiger partial charge >= 0.3 is 5.97 Å². The van der Waals surface area contributed by atoms with Crippen LogP contribution in [-0.2, 0) is 18.3 Å². The van der Waals surface area contributed by atoms with Gasteiger partial charge in [-0.05, 0) is 46.5 Å². The second-order valence-corrected chi connectivity index (χ2v) is 11.7. The Hall–Kier alpha value is -3.50. The number of benzene rings is 3. The minimum atomic E-state index is -0.956. The maximum atomic E-state index is 13.6. The first-order valence-corrected chi connectivity index (χ1v) is 14.8. The first kappa shape index (κ1) is 27.7. The number of aryl methyl sites for hydroxylation is 1. The molecule has 0 aliphatic carbocycles. The standard InChI is InChI=1S/C30H26Cl2N4O4S/c1-34-15-21(14-33-34)20-11-24(31)27(25(32)12-20)29(37)36-16-19-3-2-4-22(28(19)41-17-36)18-5-6-23(30(38)39)26(13-18)35-7-9-40-10-8-35/h2-6,11-15H,7-10,16-17H2,1H3,(H,38,39). The number of nitrogens with zero attached hydrogens (tertiary/aromatic N) is 4. The molecular formula is C30H26Cl2N4O4S. The molecule has 3 aromatic carbocycles. The molecule has 1 saturated heterocycles. The molecule has 0 radical (unpaired) electrons. The maximum absolute atomic E-state index is 13.6. The lowest BCUT2D eigenvalue weighted by Crippen LogP contribution is -2.37. The van der Waals surface area contributed by atoms with Gasteiger partial charge in [0.05, 0.1) is 52.1 Å². The Kier molecular flexibility index (Phi) is 7.70. The molecule has 210 valence electrons. The van der Waals surface area contributed by atoms with Crippen molar-refractivity contribution in [2.24, 2.45) is 7.05 Å². The number of ether oxygens (including phenoxy) is 1. The van der Waals surface area contributed by atoms with E-state index in [1.54, 1.807) is 45.7 Å². The normalized spacial score (nSPS) is 15.1.